The lowest BCUT2D eigenvalue weighted by Gasteiger charge is -2.11. The lowest BCUT2D eigenvalue weighted by atomic mass is 9.93. The fourth-order valence-corrected chi connectivity index (χ4v) is 3.14. The van der Waals surface area contributed by atoms with Crippen LogP contribution in [0.3, 0.4) is 0 Å². The monoisotopic (exact) mass is 368 g/mol. The van der Waals surface area contributed by atoms with Crippen LogP contribution in [0.15, 0.2) is 92.0 Å². The number of aryl methyl sites for hydroxylation is 1. The summed E-state index contributed by atoms with van der Waals surface area (Å²) in [5.74, 6) is -0.368. The Morgan fingerprint density at radius 3 is 1.93 bits per heavy atom. The maximum atomic E-state index is 11.1. The minimum absolute atomic E-state index is 0.368. The van der Waals surface area contributed by atoms with Crippen molar-refractivity contribution in [2.75, 3.05) is 6.61 Å². The summed E-state index contributed by atoms with van der Waals surface area (Å²) in [5.41, 5.74) is 7.14. The maximum Gasteiger partial charge on any atom is 0.330 e. The van der Waals surface area contributed by atoms with E-state index in [9.17, 15) is 4.79 Å². The Labute approximate surface area is 166 Å². The zero-order chi connectivity index (χ0) is 19.8. The van der Waals surface area contributed by atoms with Crippen LogP contribution < -0.4 is 0 Å². The van der Waals surface area contributed by atoms with Gasteiger partial charge in [-0.3, -0.25) is 0 Å². The molecule has 0 heterocycles. The first kappa shape index (κ1) is 19.4. The summed E-state index contributed by atoms with van der Waals surface area (Å²) in [6, 6.07) is 25.5. The average Bonchev–Trinajstić information content (AvgIpc) is 2.77. The third kappa shape index (κ3) is 4.86. The van der Waals surface area contributed by atoms with Gasteiger partial charge in [-0.05, 0) is 46.2 Å². The molecule has 0 amide bonds. The van der Waals surface area contributed by atoms with E-state index in [4.69, 9.17) is 4.74 Å². The number of carbonyl (C=O) groups excluding carboxylic acids is 1. The molecule has 0 saturated heterocycles. The fraction of sp³-hybridized carbons (Fsp3) is 0.115. The number of hydrogen-bond acceptors (Lipinski definition) is 2. The minimum atomic E-state index is -0.368. The number of hydrogen-bond donors (Lipinski definition) is 0. The molecule has 28 heavy (non-hydrogen) atoms. The molecule has 140 valence electrons. The highest BCUT2D eigenvalue weighted by molar-refractivity contribution is 5.83. The van der Waals surface area contributed by atoms with E-state index < -0.39 is 0 Å². The standard InChI is InChI=1S/C26H24O2/c1-3-20-11-15-22(16-12-20)24-9-5-6-10-25(24)23-17-13-21(14-18-23)8-7-19-28-26(27)4-2/h3-6,9-18H,1-2,7-8,19H2. The van der Waals surface area contributed by atoms with E-state index in [1.54, 1.807) is 0 Å². The Bertz CT molecular complexity index is 950. The zero-order valence-corrected chi connectivity index (χ0v) is 15.9. The van der Waals surface area contributed by atoms with Crippen molar-refractivity contribution in [1.29, 1.82) is 0 Å². The summed E-state index contributed by atoms with van der Waals surface area (Å²) < 4.78 is 5.02. The molecule has 0 aliphatic carbocycles. The molecule has 2 nitrogen and oxygen atoms in total. The van der Waals surface area contributed by atoms with E-state index in [0.717, 1.165) is 18.4 Å². The van der Waals surface area contributed by atoms with Crippen molar-refractivity contribution in [3.8, 4) is 22.3 Å². The number of benzene rings is 3. The molecule has 2 heteroatoms. The molecule has 0 aliphatic rings. The summed E-state index contributed by atoms with van der Waals surface area (Å²) in [6.45, 7) is 7.62. The van der Waals surface area contributed by atoms with Gasteiger partial charge < -0.3 is 4.74 Å². The second kappa shape index (κ2) is 9.52. The van der Waals surface area contributed by atoms with Crippen molar-refractivity contribution in [3.63, 3.8) is 0 Å². The van der Waals surface area contributed by atoms with Crippen molar-refractivity contribution in [1.82, 2.24) is 0 Å². The van der Waals surface area contributed by atoms with Crippen molar-refractivity contribution < 1.29 is 9.53 Å². The highest BCUT2D eigenvalue weighted by Crippen LogP contribution is 2.32. The highest BCUT2D eigenvalue weighted by Gasteiger charge is 2.07. The lowest BCUT2D eigenvalue weighted by molar-refractivity contribution is -0.137. The molecule has 3 aromatic rings. The molecule has 0 bridgehead atoms. The Kier molecular flexibility index (Phi) is 6.59. The molecule has 0 aliphatic heterocycles. The van der Waals surface area contributed by atoms with Gasteiger partial charge in [-0.25, -0.2) is 4.79 Å². The van der Waals surface area contributed by atoms with Crippen molar-refractivity contribution in [3.05, 3.63) is 103 Å². The van der Waals surface area contributed by atoms with Gasteiger partial charge in [0.25, 0.3) is 0 Å². The number of ether oxygens (including phenoxy) is 1. The quantitative estimate of drug-likeness (QED) is 0.264. The summed E-state index contributed by atoms with van der Waals surface area (Å²) in [5, 5.41) is 0. The van der Waals surface area contributed by atoms with Crippen LogP contribution in [-0.4, -0.2) is 12.6 Å². The number of esters is 1. The van der Waals surface area contributed by atoms with Crippen LogP contribution in [0.4, 0.5) is 0 Å². The molecule has 0 fully saturated rings. The molecule has 3 aromatic carbocycles. The maximum absolute atomic E-state index is 11.1. The molecule has 0 spiro atoms. The number of carbonyl (C=O) groups is 1. The highest BCUT2D eigenvalue weighted by atomic mass is 16.5. The van der Waals surface area contributed by atoms with Crippen molar-refractivity contribution >= 4 is 12.0 Å². The molecule has 3 rings (SSSR count). The fourth-order valence-electron chi connectivity index (χ4n) is 3.14. The van der Waals surface area contributed by atoms with Crippen LogP contribution in [0.1, 0.15) is 17.5 Å². The SMILES string of the molecule is C=CC(=O)OCCCc1ccc(-c2ccccc2-c2ccc(C=C)cc2)cc1. The Morgan fingerprint density at radius 2 is 1.39 bits per heavy atom. The number of rotatable bonds is 8. The third-order valence-electron chi connectivity index (χ3n) is 4.67. The molecule has 0 saturated carbocycles. The first-order valence-electron chi connectivity index (χ1n) is 9.41. The van der Waals surface area contributed by atoms with Gasteiger partial charge in [0, 0.05) is 6.08 Å². The molecular formula is C26H24O2. The van der Waals surface area contributed by atoms with E-state index >= 15 is 0 Å². The molecule has 0 radical (unpaired) electrons. The van der Waals surface area contributed by atoms with Crippen molar-refractivity contribution in [2.24, 2.45) is 0 Å². The molecule has 0 atom stereocenters. The van der Waals surface area contributed by atoms with Crippen LogP contribution in [0.5, 0.6) is 0 Å². The zero-order valence-electron chi connectivity index (χ0n) is 15.9. The van der Waals surface area contributed by atoms with E-state index in [1.807, 2.05) is 6.08 Å². The van der Waals surface area contributed by atoms with E-state index in [2.05, 4.69) is 86.0 Å². The Morgan fingerprint density at radius 1 is 0.821 bits per heavy atom. The van der Waals surface area contributed by atoms with Gasteiger partial charge in [-0.2, -0.15) is 0 Å². The largest absolute Gasteiger partial charge is 0.463 e. The van der Waals surface area contributed by atoms with E-state index in [0.29, 0.717) is 6.61 Å². The van der Waals surface area contributed by atoms with E-state index in [-0.39, 0.29) is 5.97 Å². The first-order valence-corrected chi connectivity index (χ1v) is 9.41. The van der Waals surface area contributed by atoms with Gasteiger partial charge in [-0.1, -0.05) is 92.0 Å². The van der Waals surface area contributed by atoms with Crippen LogP contribution in [0.2, 0.25) is 0 Å². The normalized spacial score (nSPS) is 10.3. The average molecular weight is 368 g/mol. The molecule has 0 unspecified atom stereocenters. The minimum Gasteiger partial charge on any atom is -0.463 e. The Balaban J connectivity index is 1.74. The second-order valence-corrected chi connectivity index (χ2v) is 6.54. The van der Waals surface area contributed by atoms with Gasteiger partial charge in [0.15, 0.2) is 0 Å². The topological polar surface area (TPSA) is 26.3 Å². The lowest BCUT2D eigenvalue weighted by Crippen LogP contribution is -2.02. The summed E-state index contributed by atoms with van der Waals surface area (Å²) in [7, 11) is 0. The second-order valence-electron chi connectivity index (χ2n) is 6.54. The van der Waals surface area contributed by atoms with E-state index in [1.165, 1.54) is 33.9 Å². The van der Waals surface area contributed by atoms with Gasteiger partial charge in [0.1, 0.15) is 0 Å². The summed E-state index contributed by atoms with van der Waals surface area (Å²) in [6.07, 6.45) is 4.71. The van der Waals surface area contributed by atoms with Gasteiger partial charge in [0.2, 0.25) is 0 Å². The predicted octanol–water partition coefficient (Wildman–Crippen LogP) is 6.33. The summed E-state index contributed by atoms with van der Waals surface area (Å²) >= 11 is 0. The summed E-state index contributed by atoms with van der Waals surface area (Å²) in [4.78, 5) is 11.1. The van der Waals surface area contributed by atoms with Crippen LogP contribution in [0.25, 0.3) is 28.3 Å². The third-order valence-corrected chi connectivity index (χ3v) is 4.67. The Hall–Kier alpha value is -3.39. The molecule has 0 N–H and O–H groups in total. The van der Waals surface area contributed by atoms with Crippen LogP contribution in [0, 0.1) is 0 Å². The predicted molar refractivity (Wildman–Crippen MR) is 117 cm³/mol. The van der Waals surface area contributed by atoms with Gasteiger partial charge in [0.05, 0.1) is 6.61 Å². The molecule has 0 aromatic heterocycles. The van der Waals surface area contributed by atoms with Crippen molar-refractivity contribution in [2.45, 2.75) is 12.8 Å². The van der Waals surface area contributed by atoms with Crippen LogP contribution >= 0.6 is 0 Å². The van der Waals surface area contributed by atoms with Gasteiger partial charge in [-0.15, -0.1) is 0 Å². The molecular weight excluding hydrogens is 344 g/mol. The first-order chi connectivity index (χ1) is 13.7. The van der Waals surface area contributed by atoms with Crippen LogP contribution in [-0.2, 0) is 16.0 Å². The van der Waals surface area contributed by atoms with Gasteiger partial charge >= 0.3 is 5.97 Å². The smallest absolute Gasteiger partial charge is 0.330 e.